The first kappa shape index (κ1) is 19.1. The molecule has 2 atom stereocenters. The number of hydrogen-bond acceptors (Lipinski definition) is 4. The number of aryl methyl sites for hydroxylation is 1. The zero-order chi connectivity index (χ0) is 21.8. The number of fused-ring (bicyclic) bond motifs is 3. The number of benzene rings is 3. The maximum atomic E-state index is 15.1. The molecule has 32 heavy (non-hydrogen) atoms. The molecule has 0 aliphatic carbocycles. The van der Waals surface area contributed by atoms with E-state index in [0.29, 0.717) is 22.3 Å². The van der Waals surface area contributed by atoms with Gasteiger partial charge in [-0.2, -0.15) is 10.1 Å². The van der Waals surface area contributed by atoms with Gasteiger partial charge in [-0.25, -0.2) is 9.07 Å². The zero-order valence-corrected chi connectivity index (χ0v) is 17.8. The second-order valence-corrected chi connectivity index (χ2v) is 8.39. The van der Waals surface area contributed by atoms with Gasteiger partial charge in [-0.1, -0.05) is 59.6 Å². The first-order chi connectivity index (χ1) is 15.6. The largest absolute Gasteiger partial charge is 0.480 e. The van der Waals surface area contributed by atoms with Crippen molar-refractivity contribution in [2.45, 2.75) is 19.1 Å². The van der Waals surface area contributed by atoms with Gasteiger partial charge >= 0.3 is 0 Å². The van der Waals surface area contributed by atoms with Crippen molar-refractivity contribution in [1.82, 2.24) is 14.8 Å². The van der Waals surface area contributed by atoms with Gasteiger partial charge in [0.1, 0.15) is 30.0 Å². The van der Waals surface area contributed by atoms with Crippen LogP contribution in [0.4, 0.5) is 10.3 Å². The second kappa shape index (κ2) is 7.21. The highest BCUT2D eigenvalue weighted by molar-refractivity contribution is 6.30. The molecule has 0 unspecified atom stereocenters. The van der Waals surface area contributed by atoms with Crippen molar-refractivity contribution in [2.24, 2.45) is 0 Å². The standard InChI is InChI=1S/C25H18ClFN4O/c1-14-6-8-15(9-7-14)24-21-22(18-12-16(26)10-11-20(18)32-24)30-25-28-13-29-31(25)23(21)17-4-2-3-5-19(17)27/h2-13,23-24H,1H3,(H,28,29,30)/t23-,24+/m1/s1. The molecule has 0 amide bonds. The second-order valence-electron chi connectivity index (χ2n) is 7.96. The van der Waals surface area contributed by atoms with Crippen LogP contribution in [-0.2, 0) is 0 Å². The van der Waals surface area contributed by atoms with Crippen molar-refractivity contribution in [3.63, 3.8) is 0 Å². The molecule has 4 aromatic rings. The van der Waals surface area contributed by atoms with Crippen LogP contribution in [0.15, 0.2) is 78.6 Å². The van der Waals surface area contributed by atoms with Crippen LogP contribution in [0.3, 0.4) is 0 Å². The predicted octanol–water partition coefficient (Wildman–Crippen LogP) is 5.94. The molecule has 0 fully saturated rings. The highest BCUT2D eigenvalue weighted by Gasteiger charge is 2.41. The first-order valence-corrected chi connectivity index (χ1v) is 10.7. The van der Waals surface area contributed by atoms with E-state index in [-0.39, 0.29) is 5.82 Å². The summed E-state index contributed by atoms with van der Waals surface area (Å²) in [5.74, 6) is 0.922. The van der Waals surface area contributed by atoms with Crippen molar-refractivity contribution >= 4 is 23.2 Å². The van der Waals surface area contributed by atoms with E-state index < -0.39 is 12.1 Å². The van der Waals surface area contributed by atoms with Gasteiger partial charge in [-0.3, -0.25) is 0 Å². The Hall–Kier alpha value is -3.64. The Morgan fingerprint density at radius 1 is 1.06 bits per heavy atom. The molecule has 6 rings (SSSR count). The fourth-order valence-electron chi connectivity index (χ4n) is 4.45. The van der Waals surface area contributed by atoms with E-state index >= 15 is 4.39 Å². The molecule has 158 valence electrons. The third-order valence-electron chi connectivity index (χ3n) is 5.96. The molecular weight excluding hydrogens is 427 g/mol. The highest BCUT2D eigenvalue weighted by atomic mass is 35.5. The molecule has 0 bridgehead atoms. The SMILES string of the molecule is Cc1ccc([C@@H]2Oc3ccc(Cl)cc3C3=C2[C@@H](c2ccccc2F)n2ncnc2N3)cc1. The van der Waals surface area contributed by atoms with Gasteiger partial charge in [0.2, 0.25) is 5.95 Å². The van der Waals surface area contributed by atoms with Crippen LogP contribution < -0.4 is 10.1 Å². The lowest BCUT2D eigenvalue weighted by molar-refractivity contribution is 0.222. The van der Waals surface area contributed by atoms with E-state index in [0.717, 1.165) is 28.0 Å². The van der Waals surface area contributed by atoms with E-state index in [1.165, 1.54) is 12.4 Å². The molecule has 3 aromatic carbocycles. The van der Waals surface area contributed by atoms with Crippen LogP contribution in [0, 0.1) is 12.7 Å². The maximum Gasteiger partial charge on any atom is 0.226 e. The summed E-state index contributed by atoms with van der Waals surface area (Å²) in [5, 5.41) is 8.41. The Bertz CT molecular complexity index is 1380. The van der Waals surface area contributed by atoms with Crippen LogP contribution >= 0.6 is 11.6 Å². The average Bonchev–Trinajstić information content (AvgIpc) is 3.27. The van der Waals surface area contributed by atoms with Gasteiger partial charge in [-0.05, 0) is 36.8 Å². The van der Waals surface area contributed by atoms with Crippen molar-refractivity contribution in [3.05, 3.63) is 112 Å². The number of halogens is 2. The number of nitrogens with one attached hydrogen (secondary N) is 1. The fourth-order valence-corrected chi connectivity index (χ4v) is 4.63. The zero-order valence-electron chi connectivity index (χ0n) is 17.1. The van der Waals surface area contributed by atoms with E-state index in [4.69, 9.17) is 16.3 Å². The fraction of sp³-hybridized carbons (Fsp3) is 0.120. The Morgan fingerprint density at radius 3 is 2.69 bits per heavy atom. The van der Waals surface area contributed by atoms with E-state index in [2.05, 4.69) is 15.4 Å². The van der Waals surface area contributed by atoms with Crippen molar-refractivity contribution in [2.75, 3.05) is 5.32 Å². The lowest BCUT2D eigenvalue weighted by Crippen LogP contribution is -2.32. The Kier molecular flexibility index (Phi) is 4.30. The summed E-state index contributed by atoms with van der Waals surface area (Å²) < 4.78 is 23.3. The first-order valence-electron chi connectivity index (χ1n) is 10.3. The third-order valence-corrected chi connectivity index (χ3v) is 6.19. The average molecular weight is 445 g/mol. The predicted molar refractivity (Wildman–Crippen MR) is 121 cm³/mol. The van der Waals surface area contributed by atoms with E-state index in [9.17, 15) is 0 Å². The normalized spacial score (nSPS) is 18.8. The van der Waals surface area contributed by atoms with Gasteiger partial charge < -0.3 is 10.1 Å². The van der Waals surface area contributed by atoms with Crippen molar-refractivity contribution < 1.29 is 9.13 Å². The Balaban J connectivity index is 1.65. The number of aromatic nitrogens is 3. The summed E-state index contributed by atoms with van der Waals surface area (Å²) in [4.78, 5) is 4.37. The summed E-state index contributed by atoms with van der Waals surface area (Å²) >= 11 is 6.34. The smallest absolute Gasteiger partial charge is 0.226 e. The lowest BCUT2D eigenvalue weighted by Gasteiger charge is -2.39. The topological polar surface area (TPSA) is 52.0 Å². The van der Waals surface area contributed by atoms with Crippen molar-refractivity contribution in [1.29, 1.82) is 0 Å². The van der Waals surface area contributed by atoms with E-state index in [1.807, 2.05) is 49.4 Å². The van der Waals surface area contributed by atoms with E-state index in [1.54, 1.807) is 22.9 Å². The summed E-state index contributed by atoms with van der Waals surface area (Å²) in [6, 6.07) is 19.9. The number of ether oxygens (including phenoxy) is 1. The number of anilines is 1. The minimum absolute atomic E-state index is 0.313. The summed E-state index contributed by atoms with van der Waals surface area (Å²) in [7, 11) is 0. The molecule has 5 nitrogen and oxygen atoms in total. The molecule has 3 heterocycles. The highest BCUT2D eigenvalue weighted by Crippen LogP contribution is 2.51. The van der Waals surface area contributed by atoms with Gasteiger partial charge in [-0.15, -0.1) is 0 Å². The van der Waals surface area contributed by atoms with Crippen molar-refractivity contribution in [3.8, 4) is 5.75 Å². The van der Waals surface area contributed by atoms with Gasteiger partial charge in [0.15, 0.2) is 0 Å². The van der Waals surface area contributed by atoms with Crippen LogP contribution in [0.5, 0.6) is 5.75 Å². The van der Waals surface area contributed by atoms with Crippen LogP contribution in [0.25, 0.3) is 5.70 Å². The molecule has 2 aliphatic rings. The van der Waals surface area contributed by atoms with Gasteiger partial charge in [0.25, 0.3) is 0 Å². The molecule has 0 saturated heterocycles. The molecule has 0 spiro atoms. The monoisotopic (exact) mass is 444 g/mol. The summed E-state index contributed by atoms with van der Waals surface area (Å²) in [5.41, 5.74) is 5.10. The molecular formula is C25H18ClFN4O. The number of nitrogens with zero attached hydrogens (tertiary/aromatic N) is 3. The van der Waals surface area contributed by atoms with Gasteiger partial charge in [0, 0.05) is 21.7 Å². The molecule has 2 aliphatic heterocycles. The Labute approximate surface area is 189 Å². The Morgan fingerprint density at radius 2 is 1.88 bits per heavy atom. The van der Waals surface area contributed by atoms with Crippen LogP contribution in [0.2, 0.25) is 5.02 Å². The minimum Gasteiger partial charge on any atom is -0.480 e. The quantitative estimate of drug-likeness (QED) is 0.415. The lowest BCUT2D eigenvalue weighted by atomic mass is 9.84. The summed E-state index contributed by atoms with van der Waals surface area (Å²) in [6.07, 6.45) is 1.02. The van der Waals surface area contributed by atoms with Gasteiger partial charge in [0.05, 0.1) is 5.70 Å². The minimum atomic E-state index is -0.539. The molecule has 1 aromatic heterocycles. The number of hydrogen-bond donors (Lipinski definition) is 1. The maximum absolute atomic E-state index is 15.1. The third kappa shape index (κ3) is 2.91. The molecule has 0 saturated carbocycles. The number of rotatable bonds is 2. The molecule has 0 radical (unpaired) electrons. The summed E-state index contributed by atoms with van der Waals surface area (Å²) in [6.45, 7) is 2.04. The molecule has 7 heteroatoms. The molecule has 1 N–H and O–H groups in total. The van der Waals surface area contributed by atoms with Crippen LogP contribution in [-0.4, -0.2) is 14.8 Å². The van der Waals surface area contributed by atoms with Crippen LogP contribution in [0.1, 0.15) is 34.4 Å².